The Kier molecular flexibility index (Phi) is 5.86. The van der Waals surface area contributed by atoms with Gasteiger partial charge in [-0.05, 0) is 31.0 Å². The predicted octanol–water partition coefficient (Wildman–Crippen LogP) is 2.14. The third-order valence-electron chi connectivity index (χ3n) is 6.40. The lowest BCUT2D eigenvalue weighted by Crippen LogP contribution is -2.52. The summed E-state index contributed by atoms with van der Waals surface area (Å²) in [6, 6.07) is 3.71. The van der Waals surface area contributed by atoms with Crippen LogP contribution in [0.3, 0.4) is 0 Å². The first-order valence-corrected chi connectivity index (χ1v) is 11.8. The molecule has 1 saturated carbocycles. The van der Waals surface area contributed by atoms with Crippen molar-refractivity contribution in [1.29, 1.82) is 0 Å². The molecule has 2 saturated heterocycles. The zero-order valence-electron chi connectivity index (χ0n) is 16.8. The molecule has 0 unspecified atom stereocenters. The van der Waals surface area contributed by atoms with E-state index >= 15 is 0 Å². The molecule has 2 atom stereocenters. The number of hydrogen-bond acceptors (Lipinski definition) is 5. The molecular formula is C20H24F3N3O4S. The van der Waals surface area contributed by atoms with E-state index in [1.54, 1.807) is 0 Å². The maximum absolute atomic E-state index is 12.9. The molecule has 0 spiro atoms. The highest BCUT2D eigenvalue weighted by Gasteiger charge is 2.48. The predicted molar refractivity (Wildman–Crippen MR) is 104 cm³/mol. The van der Waals surface area contributed by atoms with Crippen molar-refractivity contribution in [2.75, 3.05) is 32.8 Å². The monoisotopic (exact) mass is 459 g/mol. The zero-order chi connectivity index (χ0) is 22.4. The quantitative estimate of drug-likeness (QED) is 0.645. The van der Waals surface area contributed by atoms with Crippen LogP contribution in [0.4, 0.5) is 13.2 Å². The van der Waals surface area contributed by atoms with Crippen molar-refractivity contribution in [1.82, 2.24) is 14.1 Å². The molecule has 3 aliphatic rings. The Morgan fingerprint density at radius 1 is 0.935 bits per heavy atom. The minimum Gasteiger partial charge on any atom is -0.283 e. The highest BCUT2D eigenvalue weighted by atomic mass is 32.2. The Morgan fingerprint density at radius 2 is 1.52 bits per heavy atom. The Bertz CT molecular complexity index is 950. The van der Waals surface area contributed by atoms with Gasteiger partial charge in [-0.1, -0.05) is 18.9 Å². The van der Waals surface area contributed by atoms with Crippen LogP contribution >= 0.6 is 0 Å². The first kappa shape index (κ1) is 22.2. The van der Waals surface area contributed by atoms with Gasteiger partial charge in [-0.2, -0.15) is 17.5 Å². The van der Waals surface area contributed by atoms with E-state index in [4.69, 9.17) is 0 Å². The van der Waals surface area contributed by atoms with Crippen LogP contribution in [0.15, 0.2) is 29.2 Å². The summed E-state index contributed by atoms with van der Waals surface area (Å²) in [5, 5.41) is 0. The molecule has 1 aromatic carbocycles. The number of amides is 2. The number of nitrogens with zero attached hydrogens (tertiary/aromatic N) is 3. The molecule has 4 rings (SSSR count). The van der Waals surface area contributed by atoms with Gasteiger partial charge in [0.05, 0.1) is 29.0 Å². The summed E-state index contributed by atoms with van der Waals surface area (Å²) < 4.78 is 65.6. The van der Waals surface area contributed by atoms with Crippen LogP contribution in [-0.2, 0) is 25.8 Å². The van der Waals surface area contributed by atoms with Crippen LogP contribution in [-0.4, -0.2) is 67.2 Å². The van der Waals surface area contributed by atoms with Crippen molar-refractivity contribution in [3.63, 3.8) is 0 Å². The van der Waals surface area contributed by atoms with E-state index in [1.165, 1.54) is 4.90 Å². The number of fused-ring (bicyclic) bond motifs is 1. The molecule has 170 valence electrons. The maximum atomic E-state index is 12.9. The van der Waals surface area contributed by atoms with Gasteiger partial charge in [-0.15, -0.1) is 0 Å². The molecule has 0 radical (unpaired) electrons. The number of alkyl halides is 3. The van der Waals surface area contributed by atoms with Crippen LogP contribution in [0.2, 0.25) is 0 Å². The number of sulfonamides is 1. The van der Waals surface area contributed by atoms with Gasteiger partial charge in [-0.3, -0.25) is 19.4 Å². The van der Waals surface area contributed by atoms with Gasteiger partial charge in [0.25, 0.3) is 0 Å². The molecule has 31 heavy (non-hydrogen) atoms. The maximum Gasteiger partial charge on any atom is 0.416 e. The SMILES string of the molecule is O=C1[C@@H]2CCCC[C@H]2C(=O)N1CN1CCN(S(=O)(=O)c2cccc(C(F)(F)F)c2)CC1. The summed E-state index contributed by atoms with van der Waals surface area (Å²) in [6.45, 7) is 0.834. The van der Waals surface area contributed by atoms with Crippen LogP contribution in [0.25, 0.3) is 0 Å². The number of rotatable bonds is 4. The topological polar surface area (TPSA) is 78.0 Å². The molecule has 11 heteroatoms. The van der Waals surface area contributed by atoms with Gasteiger partial charge >= 0.3 is 6.18 Å². The molecule has 0 bridgehead atoms. The average molecular weight is 459 g/mol. The van der Waals surface area contributed by atoms with Gasteiger partial charge in [0, 0.05) is 26.2 Å². The second-order valence-electron chi connectivity index (χ2n) is 8.29. The highest BCUT2D eigenvalue weighted by molar-refractivity contribution is 7.89. The summed E-state index contributed by atoms with van der Waals surface area (Å²) in [4.78, 5) is 28.0. The van der Waals surface area contributed by atoms with Gasteiger partial charge in [-0.25, -0.2) is 8.42 Å². The molecule has 3 fully saturated rings. The number of halogens is 3. The molecule has 0 aromatic heterocycles. The molecule has 7 nitrogen and oxygen atoms in total. The van der Waals surface area contributed by atoms with Gasteiger partial charge in [0.15, 0.2) is 0 Å². The Balaban J connectivity index is 1.40. The summed E-state index contributed by atoms with van der Waals surface area (Å²) in [7, 11) is -4.08. The van der Waals surface area contributed by atoms with E-state index in [-0.39, 0.29) is 56.5 Å². The summed E-state index contributed by atoms with van der Waals surface area (Å²) >= 11 is 0. The second-order valence-corrected chi connectivity index (χ2v) is 10.2. The number of carbonyl (C=O) groups is 2. The molecule has 0 N–H and O–H groups in total. The Labute approximate surface area is 178 Å². The van der Waals surface area contributed by atoms with Gasteiger partial charge in [0.2, 0.25) is 21.8 Å². The Morgan fingerprint density at radius 3 is 2.06 bits per heavy atom. The molecular weight excluding hydrogens is 435 g/mol. The lowest BCUT2D eigenvalue weighted by molar-refractivity contribution is -0.143. The number of hydrogen-bond donors (Lipinski definition) is 0. The molecule has 1 aromatic rings. The van der Waals surface area contributed by atoms with E-state index in [0.717, 1.165) is 48.2 Å². The van der Waals surface area contributed by atoms with Crippen molar-refractivity contribution >= 4 is 21.8 Å². The molecule has 2 heterocycles. The summed E-state index contributed by atoms with van der Waals surface area (Å²) in [5.74, 6) is -0.755. The van der Waals surface area contributed by atoms with E-state index < -0.39 is 26.7 Å². The smallest absolute Gasteiger partial charge is 0.283 e. The first-order chi connectivity index (χ1) is 14.6. The minimum absolute atomic E-state index is 0.0711. The number of benzene rings is 1. The fourth-order valence-electron chi connectivity index (χ4n) is 4.66. The normalized spacial score (nSPS) is 26.4. The number of likely N-dealkylation sites (tertiary alicyclic amines) is 1. The van der Waals surface area contributed by atoms with Crippen molar-refractivity contribution in [2.24, 2.45) is 11.8 Å². The number of piperazine rings is 1. The van der Waals surface area contributed by atoms with Crippen LogP contribution in [0.1, 0.15) is 31.2 Å². The molecule has 2 aliphatic heterocycles. The van der Waals surface area contributed by atoms with E-state index in [1.807, 2.05) is 4.90 Å². The van der Waals surface area contributed by atoms with E-state index in [0.29, 0.717) is 6.07 Å². The third-order valence-corrected chi connectivity index (χ3v) is 8.30. The first-order valence-electron chi connectivity index (χ1n) is 10.3. The van der Waals surface area contributed by atoms with Crippen molar-refractivity contribution < 1.29 is 31.2 Å². The number of imide groups is 1. The highest BCUT2D eigenvalue weighted by Crippen LogP contribution is 2.38. The summed E-state index contributed by atoms with van der Waals surface area (Å²) in [6.07, 6.45) is -1.28. The summed E-state index contributed by atoms with van der Waals surface area (Å²) in [5.41, 5.74) is -1.01. The Hall–Kier alpha value is -1.98. The average Bonchev–Trinajstić information content (AvgIpc) is 2.99. The molecule has 1 aliphatic carbocycles. The van der Waals surface area contributed by atoms with Crippen LogP contribution < -0.4 is 0 Å². The van der Waals surface area contributed by atoms with Crippen LogP contribution in [0.5, 0.6) is 0 Å². The largest absolute Gasteiger partial charge is 0.416 e. The minimum atomic E-state index is -4.63. The molecule has 2 amide bonds. The van der Waals surface area contributed by atoms with Crippen LogP contribution in [0, 0.1) is 11.8 Å². The number of carbonyl (C=O) groups excluding carboxylic acids is 2. The fraction of sp³-hybridized carbons (Fsp3) is 0.600. The van der Waals surface area contributed by atoms with Crippen molar-refractivity contribution in [2.45, 2.75) is 36.8 Å². The standard InChI is InChI=1S/C20H24F3N3O4S/c21-20(22,23)14-4-3-5-15(12-14)31(29,30)25-10-8-24(9-11-25)13-26-18(27)16-6-1-2-7-17(16)19(26)28/h3-5,12,16-17H,1-2,6-11,13H2/t16-,17-/m1/s1. The zero-order valence-corrected chi connectivity index (χ0v) is 17.7. The van der Waals surface area contributed by atoms with Crippen molar-refractivity contribution in [3.8, 4) is 0 Å². The lowest BCUT2D eigenvalue weighted by Gasteiger charge is -2.35. The van der Waals surface area contributed by atoms with Gasteiger partial charge < -0.3 is 0 Å². The van der Waals surface area contributed by atoms with Gasteiger partial charge in [0.1, 0.15) is 0 Å². The van der Waals surface area contributed by atoms with E-state index in [2.05, 4.69) is 0 Å². The third kappa shape index (κ3) is 4.22. The van der Waals surface area contributed by atoms with E-state index in [9.17, 15) is 31.2 Å². The fourth-order valence-corrected chi connectivity index (χ4v) is 6.13. The lowest BCUT2D eigenvalue weighted by atomic mass is 9.81. The second kappa shape index (κ2) is 8.18. The van der Waals surface area contributed by atoms with Crippen molar-refractivity contribution in [3.05, 3.63) is 29.8 Å².